The maximum Gasteiger partial charge on any atom is 0.137 e. The van der Waals surface area contributed by atoms with Crippen molar-refractivity contribution in [2.45, 2.75) is 40.2 Å². The number of ether oxygens (including phenoxy) is 1. The Labute approximate surface area is 116 Å². The number of hydrogen-bond acceptors (Lipinski definition) is 2. The molecule has 18 heavy (non-hydrogen) atoms. The fourth-order valence-electron chi connectivity index (χ4n) is 1.68. The van der Waals surface area contributed by atoms with E-state index < -0.39 is 0 Å². The van der Waals surface area contributed by atoms with Crippen LogP contribution in [0.3, 0.4) is 0 Å². The molecule has 0 amide bonds. The largest absolute Gasteiger partial charge is 0.492 e. The van der Waals surface area contributed by atoms with E-state index in [0.29, 0.717) is 17.0 Å². The van der Waals surface area contributed by atoms with E-state index in [2.05, 4.69) is 39.1 Å². The van der Waals surface area contributed by atoms with E-state index >= 15 is 0 Å². The molecule has 1 N–H and O–H groups in total. The van der Waals surface area contributed by atoms with Crippen LogP contribution in [-0.2, 0) is 0 Å². The SMILES string of the molecule is CCNC(C)c1ccc(OCC(C)CC)c(Cl)c1. The topological polar surface area (TPSA) is 21.3 Å². The van der Waals surface area contributed by atoms with Gasteiger partial charge in [-0.1, -0.05) is 44.9 Å². The molecule has 0 fully saturated rings. The molecule has 0 heterocycles. The average Bonchev–Trinajstić information content (AvgIpc) is 2.37. The van der Waals surface area contributed by atoms with Crippen molar-refractivity contribution < 1.29 is 4.74 Å². The molecule has 0 aromatic heterocycles. The third-order valence-corrected chi connectivity index (χ3v) is 3.48. The Morgan fingerprint density at radius 2 is 2.00 bits per heavy atom. The monoisotopic (exact) mass is 269 g/mol. The van der Waals surface area contributed by atoms with E-state index in [4.69, 9.17) is 16.3 Å². The van der Waals surface area contributed by atoms with Gasteiger partial charge in [0.25, 0.3) is 0 Å². The number of halogens is 1. The Balaban J connectivity index is 2.67. The molecule has 0 bridgehead atoms. The van der Waals surface area contributed by atoms with E-state index in [1.54, 1.807) is 0 Å². The Hall–Kier alpha value is -0.730. The van der Waals surface area contributed by atoms with E-state index in [1.165, 1.54) is 5.56 Å². The molecular weight excluding hydrogens is 246 g/mol. The molecule has 0 aliphatic heterocycles. The minimum atomic E-state index is 0.316. The lowest BCUT2D eigenvalue weighted by Gasteiger charge is -2.16. The summed E-state index contributed by atoms with van der Waals surface area (Å²) in [6, 6.07) is 6.34. The highest BCUT2D eigenvalue weighted by Crippen LogP contribution is 2.28. The molecule has 2 nitrogen and oxygen atoms in total. The van der Waals surface area contributed by atoms with E-state index in [0.717, 1.165) is 25.3 Å². The maximum atomic E-state index is 6.25. The van der Waals surface area contributed by atoms with Gasteiger partial charge in [-0.05, 0) is 37.1 Å². The predicted octanol–water partition coefficient (Wildman–Crippen LogP) is 4.44. The van der Waals surface area contributed by atoms with Gasteiger partial charge in [0.1, 0.15) is 5.75 Å². The van der Waals surface area contributed by atoms with Crippen molar-refractivity contribution in [3.63, 3.8) is 0 Å². The van der Waals surface area contributed by atoms with Gasteiger partial charge in [0.05, 0.1) is 11.6 Å². The normalized spacial score (nSPS) is 14.3. The number of benzene rings is 1. The Morgan fingerprint density at radius 3 is 2.56 bits per heavy atom. The summed E-state index contributed by atoms with van der Waals surface area (Å²) in [5.74, 6) is 1.34. The Kier molecular flexibility index (Phi) is 6.51. The van der Waals surface area contributed by atoms with Crippen LogP contribution in [0.2, 0.25) is 5.02 Å². The van der Waals surface area contributed by atoms with Crippen molar-refractivity contribution in [2.75, 3.05) is 13.2 Å². The molecule has 102 valence electrons. The lowest BCUT2D eigenvalue weighted by molar-refractivity contribution is 0.256. The first-order chi connectivity index (χ1) is 8.58. The van der Waals surface area contributed by atoms with Gasteiger partial charge in [0.2, 0.25) is 0 Å². The molecule has 0 spiro atoms. The molecule has 2 unspecified atom stereocenters. The van der Waals surface area contributed by atoms with Crippen LogP contribution >= 0.6 is 11.6 Å². The Bertz CT molecular complexity index is 368. The Morgan fingerprint density at radius 1 is 1.28 bits per heavy atom. The minimum absolute atomic E-state index is 0.316. The van der Waals surface area contributed by atoms with Crippen LogP contribution in [0, 0.1) is 5.92 Å². The summed E-state index contributed by atoms with van der Waals surface area (Å²) in [6.45, 7) is 10.2. The summed E-state index contributed by atoms with van der Waals surface area (Å²) in [5, 5.41) is 4.06. The van der Waals surface area contributed by atoms with Crippen molar-refractivity contribution in [1.82, 2.24) is 5.32 Å². The quantitative estimate of drug-likeness (QED) is 0.790. The molecule has 0 aliphatic rings. The van der Waals surface area contributed by atoms with Crippen LogP contribution in [0.5, 0.6) is 5.75 Å². The second-order valence-electron chi connectivity index (χ2n) is 4.79. The lowest BCUT2D eigenvalue weighted by Crippen LogP contribution is -2.17. The summed E-state index contributed by atoms with van der Waals surface area (Å²) in [4.78, 5) is 0. The summed E-state index contributed by atoms with van der Waals surface area (Å²) in [7, 11) is 0. The molecular formula is C15H24ClNO. The second kappa shape index (κ2) is 7.65. The first-order valence-corrected chi connectivity index (χ1v) is 7.11. The van der Waals surface area contributed by atoms with Crippen molar-refractivity contribution in [1.29, 1.82) is 0 Å². The van der Waals surface area contributed by atoms with Gasteiger partial charge >= 0.3 is 0 Å². The van der Waals surface area contributed by atoms with Crippen LogP contribution in [0.4, 0.5) is 0 Å². The fraction of sp³-hybridized carbons (Fsp3) is 0.600. The highest BCUT2D eigenvalue weighted by atomic mass is 35.5. The van der Waals surface area contributed by atoms with Crippen LogP contribution < -0.4 is 10.1 Å². The molecule has 1 aromatic carbocycles. The molecule has 1 rings (SSSR count). The highest BCUT2D eigenvalue weighted by Gasteiger charge is 2.09. The average molecular weight is 270 g/mol. The maximum absolute atomic E-state index is 6.25. The molecule has 1 aromatic rings. The first kappa shape index (κ1) is 15.3. The third-order valence-electron chi connectivity index (χ3n) is 3.19. The van der Waals surface area contributed by atoms with Gasteiger partial charge < -0.3 is 10.1 Å². The van der Waals surface area contributed by atoms with Crippen molar-refractivity contribution in [3.8, 4) is 5.75 Å². The molecule has 0 saturated heterocycles. The molecule has 0 radical (unpaired) electrons. The zero-order chi connectivity index (χ0) is 13.5. The minimum Gasteiger partial charge on any atom is -0.492 e. The van der Waals surface area contributed by atoms with Gasteiger partial charge in [0.15, 0.2) is 0 Å². The van der Waals surface area contributed by atoms with Crippen LogP contribution in [0.25, 0.3) is 0 Å². The van der Waals surface area contributed by atoms with Gasteiger partial charge in [-0.15, -0.1) is 0 Å². The van der Waals surface area contributed by atoms with E-state index in [9.17, 15) is 0 Å². The summed E-state index contributed by atoms with van der Waals surface area (Å²) in [5.41, 5.74) is 1.19. The lowest BCUT2D eigenvalue weighted by atomic mass is 10.1. The smallest absolute Gasteiger partial charge is 0.137 e. The standard InChI is InChI=1S/C15H24ClNO/c1-5-11(3)10-18-15-8-7-13(9-14(15)16)12(4)17-6-2/h7-9,11-12,17H,5-6,10H2,1-4H3. The predicted molar refractivity (Wildman–Crippen MR) is 78.5 cm³/mol. The highest BCUT2D eigenvalue weighted by molar-refractivity contribution is 6.32. The fourth-order valence-corrected chi connectivity index (χ4v) is 1.92. The molecule has 2 atom stereocenters. The molecule has 0 aliphatic carbocycles. The number of nitrogens with one attached hydrogen (secondary N) is 1. The van der Waals surface area contributed by atoms with Crippen LogP contribution in [0.1, 0.15) is 45.7 Å². The summed E-state index contributed by atoms with van der Waals surface area (Å²) in [6.07, 6.45) is 1.12. The zero-order valence-electron chi connectivity index (χ0n) is 11.8. The zero-order valence-corrected chi connectivity index (χ0v) is 12.6. The number of rotatable bonds is 7. The van der Waals surface area contributed by atoms with Crippen molar-refractivity contribution in [2.24, 2.45) is 5.92 Å². The van der Waals surface area contributed by atoms with Gasteiger partial charge in [-0.25, -0.2) is 0 Å². The van der Waals surface area contributed by atoms with Gasteiger partial charge in [-0.3, -0.25) is 0 Å². The number of hydrogen-bond donors (Lipinski definition) is 1. The summed E-state index contributed by atoms with van der Waals surface area (Å²) < 4.78 is 5.73. The van der Waals surface area contributed by atoms with Crippen LogP contribution in [0.15, 0.2) is 18.2 Å². The van der Waals surface area contributed by atoms with Gasteiger partial charge in [0, 0.05) is 6.04 Å². The molecule has 3 heteroatoms. The van der Waals surface area contributed by atoms with Crippen LogP contribution in [-0.4, -0.2) is 13.2 Å². The van der Waals surface area contributed by atoms with Crippen molar-refractivity contribution in [3.05, 3.63) is 28.8 Å². The second-order valence-corrected chi connectivity index (χ2v) is 5.20. The molecule has 0 saturated carbocycles. The van der Waals surface area contributed by atoms with Crippen molar-refractivity contribution >= 4 is 11.6 Å². The van der Waals surface area contributed by atoms with Gasteiger partial charge in [-0.2, -0.15) is 0 Å². The summed E-state index contributed by atoms with van der Waals surface area (Å²) >= 11 is 6.25. The van der Waals surface area contributed by atoms with E-state index in [-0.39, 0.29) is 0 Å². The third kappa shape index (κ3) is 4.51. The van der Waals surface area contributed by atoms with E-state index in [1.807, 2.05) is 12.1 Å². The first-order valence-electron chi connectivity index (χ1n) is 6.74.